The number of aryl methyl sites for hydroxylation is 1. The number of nitrogens with one attached hydrogen (secondary N) is 1. The van der Waals surface area contributed by atoms with Crippen LogP contribution in [0.3, 0.4) is 0 Å². The van der Waals surface area contributed by atoms with E-state index in [4.69, 9.17) is 0 Å². The summed E-state index contributed by atoms with van der Waals surface area (Å²) in [6.45, 7) is 2.24. The van der Waals surface area contributed by atoms with Crippen molar-refractivity contribution in [2.45, 2.75) is 24.1 Å². The standard InChI is InChI=1S/C16H16N2O2S3/c1-2-14-5-6-15(22-14)23(19,20)18-10-12-4-3-8-17-16(12)13-7-9-21-11-13/h3-9,11,18H,2,10H2,1H3. The van der Waals surface area contributed by atoms with Crippen LogP contribution in [0.15, 0.2) is 51.5 Å². The lowest BCUT2D eigenvalue weighted by atomic mass is 10.1. The molecular weight excluding hydrogens is 348 g/mol. The number of aromatic nitrogens is 1. The highest BCUT2D eigenvalue weighted by molar-refractivity contribution is 7.91. The molecule has 0 spiro atoms. The molecule has 3 heterocycles. The number of hydrogen-bond acceptors (Lipinski definition) is 5. The highest BCUT2D eigenvalue weighted by Gasteiger charge is 2.17. The van der Waals surface area contributed by atoms with Gasteiger partial charge in [-0.3, -0.25) is 4.98 Å². The van der Waals surface area contributed by atoms with Gasteiger partial charge in [0, 0.05) is 28.6 Å². The van der Waals surface area contributed by atoms with Crippen molar-refractivity contribution in [3.8, 4) is 11.3 Å². The number of sulfonamides is 1. The lowest BCUT2D eigenvalue weighted by molar-refractivity contribution is 0.583. The summed E-state index contributed by atoms with van der Waals surface area (Å²) in [6, 6.07) is 9.22. The summed E-state index contributed by atoms with van der Waals surface area (Å²) in [5.41, 5.74) is 2.69. The van der Waals surface area contributed by atoms with Crippen molar-refractivity contribution in [3.63, 3.8) is 0 Å². The zero-order valence-corrected chi connectivity index (χ0v) is 15.0. The monoisotopic (exact) mass is 364 g/mol. The molecule has 120 valence electrons. The van der Waals surface area contributed by atoms with Crippen molar-refractivity contribution in [2.75, 3.05) is 0 Å². The minimum Gasteiger partial charge on any atom is -0.256 e. The van der Waals surface area contributed by atoms with E-state index in [9.17, 15) is 8.42 Å². The van der Waals surface area contributed by atoms with Gasteiger partial charge in [-0.25, -0.2) is 13.1 Å². The number of pyridine rings is 1. The Kier molecular flexibility index (Phi) is 4.91. The van der Waals surface area contributed by atoms with Crippen LogP contribution in [-0.2, 0) is 23.0 Å². The van der Waals surface area contributed by atoms with Gasteiger partial charge in [-0.1, -0.05) is 13.0 Å². The van der Waals surface area contributed by atoms with Crippen molar-refractivity contribution >= 4 is 32.7 Å². The SMILES string of the molecule is CCc1ccc(S(=O)(=O)NCc2cccnc2-c2ccsc2)s1. The highest BCUT2D eigenvalue weighted by atomic mass is 32.2. The maximum absolute atomic E-state index is 12.4. The molecule has 0 radical (unpaired) electrons. The van der Waals surface area contributed by atoms with Crippen LogP contribution in [0, 0.1) is 0 Å². The topological polar surface area (TPSA) is 59.1 Å². The predicted octanol–water partition coefficient (Wildman–Crippen LogP) is 3.91. The number of thiophene rings is 2. The first-order valence-electron chi connectivity index (χ1n) is 7.15. The summed E-state index contributed by atoms with van der Waals surface area (Å²) in [6.07, 6.45) is 2.56. The first kappa shape index (κ1) is 16.3. The number of hydrogen-bond donors (Lipinski definition) is 1. The zero-order valence-electron chi connectivity index (χ0n) is 12.5. The molecule has 0 atom stereocenters. The Balaban J connectivity index is 1.81. The quantitative estimate of drug-likeness (QED) is 0.721. The van der Waals surface area contributed by atoms with Crippen molar-refractivity contribution < 1.29 is 8.42 Å². The maximum Gasteiger partial charge on any atom is 0.250 e. The molecule has 0 bridgehead atoms. The second kappa shape index (κ2) is 6.92. The third-order valence-corrected chi connectivity index (χ3v) is 7.19. The number of nitrogens with zero attached hydrogens (tertiary/aromatic N) is 1. The molecule has 0 aliphatic heterocycles. The van der Waals surface area contributed by atoms with Crippen molar-refractivity contribution in [1.29, 1.82) is 0 Å². The first-order valence-corrected chi connectivity index (χ1v) is 10.4. The van der Waals surface area contributed by atoms with E-state index < -0.39 is 10.0 Å². The normalized spacial score (nSPS) is 11.7. The van der Waals surface area contributed by atoms with Gasteiger partial charge in [0.15, 0.2) is 0 Å². The molecule has 0 amide bonds. The van der Waals surface area contributed by atoms with Gasteiger partial charge in [0.25, 0.3) is 0 Å². The van der Waals surface area contributed by atoms with Crippen LogP contribution in [0.2, 0.25) is 0 Å². The maximum atomic E-state index is 12.4. The lowest BCUT2D eigenvalue weighted by Crippen LogP contribution is -2.22. The zero-order chi connectivity index (χ0) is 16.3. The van der Waals surface area contributed by atoms with E-state index in [1.807, 2.05) is 41.9 Å². The second-order valence-electron chi connectivity index (χ2n) is 4.92. The summed E-state index contributed by atoms with van der Waals surface area (Å²) < 4.78 is 27.9. The summed E-state index contributed by atoms with van der Waals surface area (Å²) in [4.78, 5) is 5.45. The molecular formula is C16H16N2O2S3. The molecule has 0 fully saturated rings. The van der Waals surface area contributed by atoms with Gasteiger partial charge in [0.05, 0.1) is 5.69 Å². The molecule has 0 unspecified atom stereocenters. The van der Waals surface area contributed by atoms with E-state index >= 15 is 0 Å². The Bertz CT molecular complexity index is 884. The van der Waals surface area contributed by atoms with Gasteiger partial charge in [0.1, 0.15) is 4.21 Å². The van der Waals surface area contributed by atoms with Crippen molar-refractivity contribution in [2.24, 2.45) is 0 Å². The third kappa shape index (κ3) is 3.69. The van der Waals surface area contributed by atoms with Crippen molar-refractivity contribution in [1.82, 2.24) is 9.71 Å². The summed E-state index contributed by atoms with van der Waals surface area (Å²) in [5.74, 6) is 0. The van der Waals surface area contributed by atoms with E-state index in [-0.39, 0.29) is 6.54 Å². The van der Waals surface area contributed by atoms with Crippen LogP contribution < -0.4 is 4.72 Å². The minimum atomic E-state index is -3.49. The van der Waals surface area contributed by atoms with Gasteiger partial charge in [-0.15, -0.1) is 11.3 Å². The fourth-order valence-electron chi connectivity index (χ4n) is 2.18. The molecule has 0 aliphatic rings. The Labute approximate surface area is 143 Å². The van der Waals surface area contributed by atoms with E-state index in [2.05, 4.69) is 9.71 Å². The van der Waals surface area contributed by atoms with Gasteiger partial charge in [-0.05, 0) is 41.6 Å². The first-order chi connectivity index (χ1) is 11.1. The largest absolute Gasteiger partial charge is 0.256 e. The van der Waals surface area contributed by atoms with Crippen LogP contribution >= 0.6 is 22.7 Å². The Hall–Kier alpha value is -1.54. The van der Waals surface area contributed by atoms with E-state index in [0.29, 0.717) is 4.21 Å². The molecule has 0 aromatic carbocycles. The molecule has 3 aromatic heterocycles. The Morgan fingerprint density at radius 2 is 2.09 bits per heavy atom. The van der Waals surface area contributed by atoms with Crippen LogP contribution in [0.5, 0.6) is 0 Å². The highest BCUT2D eigenvalue weighted by Crippen LogP contribution is 2.25. The van der Waals surface area contributed by atoms with Crippen LogP contribution in [-0.4, -0.2) is 13.4 Å². The Morgan fingerprint density at radius 3 is 2.78 bits per heavy atom. The average Bonchev–Trinajstić information content (AvgIpc) is 3.24. The predicted molar refractivity (Wildman–Crippen MR) is 95.3 cm³/mol. The summed E-state index contributed by atoms with van der Waals surface area (Å²) >= 11 is 2.90. The molecule has 1 N–H and O–H groups in total. The van der Waals surface area contributed by atoms with E-state index in [1.54, 1.807) is 23.6 Å². The van der Waals surface area contributed by atoms with Gasteiger partial charge in [0.2, 0.25) is 10.0 Å². The summed E-state index contributed by atoms with van der Waals surface area (Å²) in [5, 5.41) is 3.99. The van der Waals surface area contributed by atoms with E-state index in [0.717, 1.165) is 28.1 Å². The van der Waals surface area contributed by atoms with Gasteiger partial charge in [-0.2, -0.15) is 11.3 Å². The molecule has 7 heteroatoms. The van der Waals surface area contributed by atoms with Crippen LogP contribution in [0.1, 0.15) is 17.4 Å². The van der Waals surface area contributed by atoms with Crippen molar-refractivity contribution in [3.05, 3.63) is 57.7 Å². The molecule has 0 aliphatic carbocycles. The number of rotatable bonds is 6. The molecule has 3 rings (SSSR count). The second-order valence-corrected chi connectivity index (χ2v) is 8.86. The Morgan fingerprint density at radius 1 is 1.22 bits per heavy atom. The average molecular weight is 365 g/mol. The third-order valence-electron chi connectivity index (χ3n) is 3.39. The minimum absolute atomic E-state index is 0.223. The lowest BCUT2D eigenvalue weighted by Gasteiger charge is -2.08. The molecule has 0 saturated carbocycles. The fourth-order valence-corrected chi connectivity index (χ4v) is 5.16. The molecule has 4 nitrogen and oxygen atoms in total. The smallest absolute Gasteiger partial charge is 0.250 e. The van der Waals surface area contributed by atoms with Gasteiger partial charge < -0.3 is 0 Å². The fraction of sp³-hybridized carbons (Fsp3) is 0.188. The van der Waals surface area contributed by atoms with E-state index in [1.165, 1.54) is 11.3 Å². The molecule has 0 saturated heterocycles. The van der Waals surface area contributed by atoms with Crippen LogP contribution in [0.4, 0.5) is 0 Å². The van der Waals surface area contributed by atoms with Crippen LogP contribution in [0.25, 0.3) is 11.3 Å². The molecule has 23 heavy (non-hydrogen) atoms. The summed E-state index contributed by atoms with van der Waals surface area (Å²) in [7, 11) is -3.49. The molecule has 3 aromatic rings. The van der Waals surface area contributed by atoms with Gasteiger partial charge >= 0.3 is 0 Å².